The van der Waals surface area contributed by atoms with Crippen molar-refractivity contribution in [1.29, 1.82) is 0 Å². The standard InChI is InChI=1S/C32H28P2S2/c35-33(29-17-5-1-6-18-29,30-19-7-2-8-20-30)25-27-15-13-14-16-28(27)26-34(36,31-21-9-3-10-22-31)32-23-11-4-12-24-32/h1-24H,25-26H2. The van der Waals surface area contributed by atoms with Crippen molar-refractivity contribution in [3.05, 3.63) is 157 Å². The Kier molecular flexibility index (Phi) is 7.80. The molecule has 0 aliphatic carbocycles. The maximum Gasteiger partial charge on any atom is 0.0148 e. The summed E-state index contributed by atoms with van der Waals surface area (Å²) in [5.74, 6) is 0. The van der Waals surface area contributed by atoms with Gasteiger partial charge in [0, 0.05) is 24.4 Å². The van der Waals surface area contributed by atoms with Crippen LogP contribution in [0, 0.1) is 0 Å². The highest BCUT2D eigenvalue weighted by atomic mass is 32.4. The van der Waals surface area contributed by atoms with Crippen molar-refractivity contribution >= 4 is 56.9 Å². The summed E-state index contributed by atoms with van der Waals surface area (Å²) in [6.45, 7) is 0. The van der Waals surface area contributed by atoms with Crippen molar-refractivity contribution in [3.63, 3.8) is 0 Å². The molecular formula is C32H28P2S2. The van der Waals surface area contributed by atoms with E-state index in [0.29, 0.717) is 0 Å². The van der Waals surface area contributed by atoms with E-state index in [4.69, 9.17) is 23.6 Å². The van der Waals surface area contributed by atoms with E-state index >= 15 is 0 Å². The van der Waals surface area contributed by atoms with Crippen molar-refractivity contribution in [2.45, 2.75) is 12.3 Å². The Morgan fingerprint density at radius 2 is 0.556 bits per heavy atom. The molecule has 0 aromatic heterocycles. The predicted octanol–water partition coefficient (Wildman–Crippen LogP) is 6.95. The molecule has 0 aliphatic heterocycles. The van der Waals surface area contributed by atoms with Gasteiger partial charge in [0.2, 0.25) is 0 Å². The fourth-order valence-electron chi connectivity index (χ4n) is 4.68. The quantitative estimate of drug-likeness (QED) is 0.196. The van der Waals surface area contributed by atoms with E-state index in [9.17, 15) is 0 Å². The summed E-state index contributed by atoms with van der Waals surface area (Å²) < 4.78 is 0. The second-order valence-corrected chi connectivity index (χ2v) is 18.3. The molecule has 178 valence electrons. The van der Waals surface area contributed by atoms with Crippen LogP contribution in [0.3, 0.4) is 0 Å². The van der Waals surface area contributed by atoms with E-state index in [1.807, 2.05) is 0 Å². The normalized spacial score (nSPS) is 11.8. The highest BCUT2D eigenvalue weighted by Gasteiger charge is 2.27. The molecule has 5 aromatic carbocycles. The smallest absolute Gasteiger partial charge is 0.0148 e. The highest BCUT2D eigenvalue weighted by Crippen LogP contribution is 2.51. The third kappa shape index (κ3) is 5.24. The van der Waals surface area contributed by atoms with Crippen molar-refractivity contribution in [1.82, 2.24) is 0 Å². The predicted molar refractivity (Wildman–Crippen MR) is 167 cm³/mol. The van der Waals surface area contributed by atoms with Gasteiger partial charge in [0.05, 0.1) is 0 Å². The minimum atomic E-state index is -2.07. The van der Waals surface area contributed by atoms with Crippen LogP contribution in [0.2, 0.25) is 0 Å². The average molecular weight is 539 g/mol. The molecule has 0 unspecified atom stereocenters. The van der Waals surface area contributed by atoms with Crippen LogP contribution in [0.25, 0.3) is 0 Å². The monoisotopic (exact) mass is 538 g/mol. The van der Waals surface area contributed by atoms with Crippen LogP contribution in [0.5, 0.6) is 0 Å². The number of benzene rings is 5. The fourth-order valence-corrected chi connectivity index (χ4v) is 12.5. The van der Waals surface area contributed by atoms with E-state index in [0.717, 1.165) is 12.3 Å². The summed E-state index contributed by atoms with van der Waals surface area (Å²) in [5.41, 5.74) is 2.63. The Labute approximate surface area is 225 Å². The van der Waals surface area contributed by atoms with Gasteiger partial charge in [0.1, 0.15) is 0 Å². The Morgan fingerprint density at radius 3 is 0.806 bits per heavy atom. The molecule has 0 N–H and O–H groups in total. The second kappa shape index (κ2) is 11.2. The van der Waals surface area contributed by atoms with Gasteiger partial charge < -0.3 is 0 Å². The van der Waals surface area contributed by atoms with Crippen LogP contribution < -0.4 is 21.2 Å². The van der Waals surface area contributed by atoms with Crippen LogP contribution in [-0.4, -0.2) is 0 Å². The van der Waals surface area contributed by atoms with E-state index < -0.39 is 12.1 Å². The number of hydrogen-bond donors (Lipinski definition) is 0. The van der Waals surface area contributed by atoms with E-state index in [1.165, 1.54) is 32.3 Å². The molecule has 36 heavy (non-hydrogen) atoms. The molecule has 0 radical (unpaired) electrons. The summed E-state index contributed by atoms with van der Waals surface area (Å²) in [6.07, 6.45) is 1.68. The van der Waals surface area contributed by atoms with Gasteiger partial charge in [-0.2, -0.15) is 0 Å². The zero-order valence-corrected chi connectivity index (χ0v) is 23.4. The SMILES string of the molecule is S=P(Cc1ccccc1CP(=S)(c1ccccc1)c1ccccc1)(c1ccccc1)c1ccccc1. The summed E-state index contributed by atoms with van der Waals surface area (Å²) in [5, 5.41) is 5.02. The Hall–Kier alpha value is -2.60. The van der Waals surface area contributed by atoms with Gasteiger partial charge in [-0.15, -0.1) is 0 Å². The zero-order valence-electron chi connectivity index (χ0n) is 20.0. The lowest BCUT2D eigenvalue weighted by Crippen LogP contribution is -2.19. The first-order valence-electron chi connectivity index (χ1n) is 12.1. The van der Waals surface area contributed by atoms with Crippen LogP contribution in [0.4, 0.5) is 0 Å². The maximum absolute atomic E-state index is 6.60. The van der Waals surface area contributed by atoms with Crippen LogP contribution in [0.15, 0.2) is 146 Å². The Bertz CT molecular complexity index is 1310. The molecule has 0 fully saturated rings. The molecule has 0 saturated heterocycles. The lowest BCUT2D eigenvalue weighted by atomic mass is 10.1. The molecule has 0 heterocycles. The Balaban J connectivity index is 1.61. The molecule has 5 rings (SSSR count). The van der Waals surface area contributed by atoms with Gasteiger partial charge in [-0.05, 0) is 32.3 Å². The third-order valence-corrected chi connectivity index (χ3v) is 16.0. The van der Waals surface area contributed by atoms with Gasteiger partial charge in [-0.1, -0.05) is 169 Å². The zero-order chi connectivity index (χ0) is 24.8. The van der Waals surface area contributed by atoms with Crippen molar-refractivity contribution in [2.24, 2.45) is 0 Å². The first-order valence-corrected chi connectivity index (χ1v) is 18.0. The molecule has 0 spiro atoms. The molecule has 4 heteroatoms. The lowest BCUT2D eigenvalue weighted by molar-refractivity contribution is 1.27. The lowest BCUT2D eigenvalue weighted by Gasteiger charge is -2.28. The highest BCUT2D eigenvalue weighted by molar-refractivity contribution is 8.22. The molecule has 0 nitrogen and oxygen atoms in total. The van der Waals surface area contributed by atoms with Gasteiger partial charge in [0.25, 0.3) is 0 Å². The summed E-state index contributed by atoms with van der Waals surface area (Å²) in [4.78, 5) is 0. The Morgan fingerprint density at radius 1 is 0.333 bits per heavy atom. The van der Waals surface area contributed by atoms with Crippen LogP contribution in [-0.2, 0) is 35.9 Å². The van der Waals surface area contributed by atoms with Gasteiger partial charge in [0.15, 0.2) is 0 Å². The number of rotatable bonds is 8. The fraction of sp³-hybridized carbons (Fsp3) is 0.0625. The van der Waals surface area contributed by atoms with Gasteiger partial charge in [-0.25, -0.2) is 0 Å². The largest absolute Gasteiger partial charge is 0.0873 e. The van der Waals surface area contributed by atoms with Crippen molar-refractivity contribution < 1.29 is 0 Å². The van der Waals surface area contributed by atoms with E-state index in [-0.39, 0.29) is 0 Å². The van der Waals surface area contributed by atoms with E-state index in [2.05, 4.69) is 146 Å². The molecule has 0 bridgehead atoms. The van der Waals surface area contributed by atoms with Gasteiger partial charge in [-0.3, -0.25) is 0 Å². The molecular weight excluding hydrogens is 510 g/mol. The van der Waals surface area contributed by atoms with Crippen molar-refractivity contribution in [2.75, 3.05) is 0 Å². The minimum absolute atomic E-state index is 0.839. The first kappa shape index (κ1) is 25.1. The molecule has 5 aromatic rings. The van der Waals surface area contributed by atoms with Crippen LogP contribution in [0.1, 0.15) is 11.1 Å². The maximum atomic E-state index is 6.60. The minimum Gasteiger partial charge on any atom is -0.0873 e. The molecule has 0 atom stereocenters. The summed E-state index contributed by atoms with van der Waals surface area (Å²) in [7, 11) is 0. The van der Waals surface area contributed by atoms with Crippen molar-refractivity contribution in [3.8, 4) is 0 Å². The first-order chi connectivity index (χ1) is 17.6. The molecule has 0 aliphatic rings. The topological polar surface area (TPSA) is 0 Å². The van der Waals surface area contributed by atoms with Crippen LogP contribution >= 0.6 is 12.1 Å². The van der Waals surface area contributed by atoms with E-state index in [1.54, 1.807) is 0 Å². The molecule has 0 amide bonds. The molecule has 0 saturated carbocycles. The van der Waals surface area contributed by atoms with Gasteiger partial charge >= 0.3 is 0 Å². The number of hydrogen-bond acceptors (Lipinski definition) is 2. The average Bonchev–Trinajstić information content (AvgIpc) is 2.96. The third-order valence-electron chi connectivity index (χ3n) is 6.60. The second-order valence-electron chi connectivity index (χ2n) is 8.91. The summed E-state index contributed by atoms with van der Waals surface area (Å²) in [6, 6.07) is 47.4. The summed E-state index contributed by atoms with van der Waals surface area (Å²) >= 11 is 13.2.